The van der Waals surface area contributed by atoms with Crippen molar-refractivity contribution in [1.29, 1.82) is 0 Å². The Kier molecular flexibility index (Phi) is 4.04. The fraction of sp³-hybridized carbons (Fsp3) is 0.429. The summed E-state index contributed by atoms with van der Waals surface area (Å²) in [5, 5.41) is 0. The Morgan fingerprint density at radius 3 is 2.40 bits per heavy atom. The molecule has 0 unspecified atom stereocenters. The van der Waals surface area contributed by atoms with Gasteiger partial charge in [0.1, 0.15) is 0 Å². The molecule has 0 bridgehead atoms. The van der Waals surface area contributed by atoms with E-state index >= 15 is 0 Å². The first kappa shape index (κ1) is 14.0. The predicted molar refractivity (Wildman–Crippen MR) is 82.4 cm³/mol. The molecule has 1 atom stereocenters. The van der Waals surface area contributed by atoms with Gasteiger partial charge >= 0.3 is 0 Å². The molecule has 1 aromatic rings. The summed E-state index contributed by atoms with van der Waals surface area (Å²) in [6, 6.07) is 7.11. The number of amides is 2. The number of morpholine rings is 1. The molecule has 2 aliphatic rings. The highest BCUT2D eigenvalue weighted by Crippen LogP contribution is 2.26. The average Bonchev–Trinajstić information content (AvgIpc) is 2.76. The maximum Gasteiger partial charge on any atom is 0.251 e. The highest BCUT2D eigenvalue weighted by Gasteiger charge is 2.42. The first-order chi connectivity index (χ1) is 9.66. The fourth-order valence-corrected chi connectivity index (χ4v) is 3.01. The number of rotatable bonds is 2. The largest absolute Gasteiger partial charge is 0.379 e. The molecule has 0 N–H and O–H groups in total. The number of hydrogen-bond donors (Lipinski definition) is 0. The molecule has 6 heteroatoms. The van der Waals surface area contributed by atoms with E-state index in [2.05, 4.69) is 27.5 Å². The van der Waals surface area contributed by atoms with Gasteiger partial charge < -0.3 is 4.74 Å². The molecule has 106 valence electrons. The van der Waals surface area contributed by atoms with Gasteiger partial charge in [-0.25, -0.2) is 4.90 Å². The Morgan fingerprint density at radius 1 is 1.10 bits per heavy atom. The van der Waals surface area contributed by atoms with Crippen molar-refractivity contribution in [3.05, 3.63) is 27.8 Å². The molecule has 2 amide bonds. The minimum atomic E-state index is -0.328. The molecule has 0 spiro atoms. The van der Waals surface area contributed by atoms with Crippen molar-refractivity contribution >= 4 is 40.1 Å². The number of imide groups is 1. The lowest BCUT2D eigenvalue weighted by Gasteiger charge is -2.30. The Balaban J connectivity index is 1.81. The van der Waals surface area contributed by atoms with Gasteiger partial charge in [0.05, 0.1) is 31.4 Å². The van der Waals surface area contributed by atoms with Crippen LogP contribution in [0.15, 0.2) is 24.3 Å². The number of carbonyl (C=O) groups is 2. The van der Waals surface area contributed by atoms with E-state index in [9.17, 15) is 9.59 Å². The van der Waals surface area contributed by atoms with Crippen LogP contribution in [0, 0.1) is 3.57 Å². The molecule has 3 rings (SSSR count). The molecule has 0 aromatic heterocycles. The third-order valence-electron chi connectivity index (χ3n) is 3.69. The van der Waals surface area contributed by atoms with Crippen LogP contribution in [-0.2, 0) is 14.3 Å². The zero-order valence-electron chi connectivity index (χ0n) is 10.9. The lowest BCUT2D eigenvalue weighted by Crippen LogP contribution is -2.47. The van der Waals surface area contributed by atoms with Gasteiger partial charge in [-0.2, -0.15) is 0 Å². The second kappa shape index (κ2) is 5.79. The minimum absolute atomic E-state index is 0.113. The van der Waals surface area contributed by atoms with Gasteiger partial charge in [-0.3, -0.25) is 14.5 Å². The van der Waals surface area contributed by atoms with Crippen LogP contribution in [0.2, 0.25) is 0 Å². The maximum atomic E-state index is 12.5. The molecule has 2 aliphatic heterocycles. The fourth-order valence-electron chi connectivity index (χ4n) is 2.65. The number of carbonyl (C=O) groups excluding carboxylic acids is 2. The molecular weight excluding hydrogens is 371 g/mol. The summed E-state index contributed by atoms with van der Waals surface area (Å²) in [6.07, 6.45) is 0.269. The van der Waals surface area contributed by atoms with E-state index in [1.165, 1.54) is 4.90 Å². The van der Waals surface area contributed by atoms with Crippen LogP contribution in [0.25, 0.3) is 0 Å². The summed E-state index contributed by atoms with van der Waals surface area (Å²) in [5.41, 5.74) is 0.663. The quantitative estimate of drug-likeness (QED) is 0.567. The van der Waals surface area contributed by atoms with Crippen LogP contribution in [0.5, 0.6) is 0 Å². The van der Waals surface area contributed by atoms with Crippen molar-refractivity contribution in [2.45, 2.75) is 12.5 Å². The third-order valence-corrected chi connectivity index (χ3v) is 4.41. The topological polar surface area (TPSA) is 49.9 Å². The summed E-state index contributed by atoms with van der Waals surface area (Å²) in [4.78, 5) is 28.1. The SMILES string of the molecule is O=C1C[C@H](N2CCOCC2)C(=O)N1c1ccc(I)cc1. The van der Waals surface area contributed by atoms with Crippen molar-refractivity contribution in [3.63, 3.8) is 0 Å². The number of hydrogen-bond acceptors (Lipinski definition) is 4. The van der Waals surface area contributed by atoms with Gasteiger partial charge in [0, 0.05) is 16.7 Å². The summed E-state index contributed by atoms with van der Waals surface area (Å²) in [6.45, 7) is 2.68. The number of anilines is 1. The Hall–Kier alpha value is -0.990. The molecule has 2 saturated heterocycles. The van der Waals surface area contributed by atoms with Crippen molar-refractivity contribution < 1.29 is 14.3 Å². The highest BCUT2D eigenvalue weighted by molar-refractivity contribution is 14.1. The second-order valence-electron chi connectivity index (χ2n) is 4.91. The van der Waals surface area contributed by atoms with Crippen LogP contribution >= 0.6 is 22.6 Å². The van der Waals surface area contributed by atoms with E-state index in [0.29, 0.717) is 32.0 Å². The summed E-state index contributed by atoms with van der Waals surface area (Å²) >= 11 is 2.20. The van der Waals surface area contributed by atoms with E-state index in [0.717, 1.165) is 3.57 Å². The van der Waals surface area contributed by atoms with E-state index in [1.807, 2.05) is 24.3 Å². The third kappa shape index (κ3) is 2.59. The van der Waals surface area contributed by atoms with Crippen LogP contribution in [-0.4, -0.2) is 49.1 Å². The molecule has 2 heterocycles. The van der Waals surface area contributed by atoms with Crippen LogP contribution < -0.4 is 4.90 Å². The van der Waals surface area contributed by atoms with E-state index in [-0.39, 0.29) is 24.3 Å². The lowest BCUT2D eigenvalue weighted by atomic mass is 10.2. The van der Waals surface area contributed by atoms with Gasteiger partial charge in [0.25, 0.3) is 5.91 Å². The molecule has 5 nitrogen and oxygen atoms in total. The lowest BCUT2D eigenvalue weighted by molar-refractivity contribution is -0.123. The van der Waals surface area contributed by atoms with Crippen molar-refractivity contribution in [3.8, 4) is 0 Å². The van der Waals surface area contributed by atoms with E-state index in [4.69, 9.17) is 4.74 Å². The first-order valence-corrected chi connectivity index (χ1v) is 7.69. The van der Waals surface area contributed by atoms with Gasteiger partial charge in [-0.05, 0) is 46.9 Å². The number of ether oxygens (including phenoxy) is 1. The monoisotopic (exact) mass is 386 g/mol. The highest BCUT2D eigenvalue weighted by atomic mass is 127. The Labute approximate surface area is 131 Å². The predicted octanol–water partition coefficient (Wildman–Crippen LogP) is 1.26. The summed E-state index contributed by atoms with van der Waals surface area (Å²) in [7, 11) is 0. The average molecular weight is 386 g/mol. The Bertz CT molecular complexity index is 526. The van der Waals surface area contributed by atoms with Crippen LogP contribution in [0.4, 0.5) is 5.69 Å². The molecular formula is C14H15IN2O3. The summed E-state index contributed by atoms with van der Waals surface area (Å²) < 4.78 is 6.37. The van der Waals surface area contributed by atoms with E-state index < -0.39 is 0 Å². The van der Waals surface area contributed by atoms with Gasteiger partial charge in [-0.1, -0.05) is 0 Å². The molecule has 2 fully saturated rings. The minimum Gasteiger partial charge on any atom is -0.379 e. The van der Waals surface area contributed by atoms with E-state index in [1.54, 1.807) is 0 Å². The molecule has 20 heavy (non-hydrogen) atoms. The standard InChI is InChI=1S/C14H15IN2O3/c15-10-1-3-11(4-2-10)17-13(18)9-12(14(17)19)16-5-7-20-8-6-16/h1-4,12H,5-9H2/t12-/m0/s1. The zero-order chi connectivity index (χ0) is 14.1. The number of nitrogens with zero attached hydrogens (tertiary/aromatic N) is 2. The number of benzene rings is 1. The van der Waals surface area contributed by atoms with Crippen LogP contribution in [0.3, 0.4) is 0 Å². The molecule has 0 aliphatic carbocycles. The Morgan fingerprint density at radius 2 is 1.75 bits per heavy atom. The maximum absolute atomic E-state index is 12.5. The molecule has 0 radical (unpaired) electrons. The van der Waals surface area contributed by atoms with Crippen molar-refractivity contribution in [2.75, 3.05) is 31.2 Å². The molecule has 1 aromatic carbocycles. The number of halogens is 1. The normalized spacial score (nSPS) is 24.4. The van der Waals surface area contributed by atoms with Crippen molar-refractivity contribution in [2.24, 2.45) is 0 Å². The first-order valence-electron chi connectivity index (χ1n) is 6.61. The molecule has 0 saturated carbocycles. The zero-order valence-corrected chi connectivity index (χ0v) is 13.1. The van der Waals surface area contributed by atoms with Gasteiger partial charge in [-0.15, -0.1) is 0 Å². The van der Waals surface area contributed by atoms with Crippen molar-refractivity contribution in [1.82, 2.24) is 4.90 Å². The second-order valence-corrected chi connectivity index (χ2v) is 6.16. The van der Waals surface area contributed by atoms with Crippen LogP contribution in [0.1, 0.15) is 6.42 Å². The van der Waals surface area contributed by atoms with Gasteiger partial charge in [0.15, 0.2) is 0 Å². The smallest absolute Gasteiger partial charge is 0.251 e. The summed E-state index contributed by atoms with van der Waals surface area (Å²) in [5.74, 6) is -0.231. The van der Waals surface area contributed by atoms with Gasteiger partial charge in [0.2, 0.25) is 5.91 Å².